The minimum atomic E-state index is -0.385. The van der Waals surface area contributed by atoms with Crippen molar-refractivity contribution in [1.29, 1.82) is 0 Å². The van der Waals surface area contributed by atoms with Crippen molar-refractivity contribution in [1.82, 2.24) is 9.80 Å². The first-order chi connectivity index (χ1) is 14.0. The SMILES string of the molecule is COc1ccc(NC(=O)CN2CCN(CC(=O)Nc3cccc(F)c3)CC2)cc1. The summed E-state index contributed by atoms with van der Waals surface area (Å²) in [5.41, 5.74) is 1.17. The van der Waals surface area contributed by atoms with Crippen LogP contribution in [0, 0.1) is 5.82 Å². The molecule has 0 aliphatic carbocycles. The van der Waals surface area contributed by atoms with Gasteiger partial charge in [0.15, 0.2) is 0 Å². The van der Waals surface area contributed by atoms with E-state index in [1.807, 2.05) is 4.90 Å². The average Bonchev–Trinajstić information content (AvgIpc) is 2.70. The number of carbonyl (C=O) groups is 2. The first-order valence-corrected chi connectivity index (χ1v) is 9.46. The van der Waals surface area contributed by atoms with Gasteiger partial charge in [0.05, 0.1) is 20.2 Å². The van der Waals surface area contributed by atoms with Gasteiger partial charge in [-0.05, 0) is 42.5 Å². The van der Waals surface area contributed by atoms with Crippen molar-refractivity contribution in [3.05, 3.63) is 54.3 Å². The van der Waals surface area contributed by atoms with Gasteiger partial charge >= 0.3 is 0 Å². The van der Waals surface area contributed by atoms with Gasteiger partial charge in [-0.2, -0.15) is 0 Å². The molecule has 8 heteroatoms. The zero-order chi connectivity index (χ0) is 20.6. The van der Waals surface area contributed by atoms with Gasteiger partial charge < -0.3 is 15.4 Å². The molecule has 0 unspecified atom stereocenters. The van der Waals surface area contributed by atoms with Gasteiger partial charge in [-0.15, -0.1) is 0 Å². The topological polar surface area (TPSA) is 73.9 Å². The lowest BCUT2D eigenvalue weighted by molar-refractivity contribution is -0.120. The highest BCUT2D eigenvalue weighted by molar-refractivity contribution is 5.92. The van der Waals surface area contributed by atoms with E-state index in [2.05, 4.69) is 15.5 Å². The first kappa shape index (κ1) is 20.8. The monoisotopic (exact) mass is 400 g/mol. The van der Waals surface area contributed by atoms with E-state index >= 15 is 0 Å². The fourth-order valence-electron chi connectivity index (χ4n) is 3.15. The summed E-state index contributed by atoms with van der Waals surface area (Å²) in [7, 11) is 1.60. The standard InChI is InChI=1S/C21H25FN4O3/c1-29-19-7-5-17(6-8-19)23-20(27)14-25-9-11-26(12-10-25)15-21(28)24-18-4-2-3-16(22)13-18/h2-8,13H,9-12,14-15H2,1H3,(H,23,27)(H,24,28). The molecule has 1 aliphatic rings. The molecule has 2 N–H and O–H groups in total. The number of hydrogen-bond acceptors (Lipinski definition) is 5. The highest BCUT2D eigenvalue weighted by Gasteiger charge is 2.20. The summed E-state index contributed by atoms with van der Waals surface area (Å²) in [4.78, 5) is 28.4. The fraction of sp³-hybridized carbons (Fsp3) is 0.333. The molecule has 1 heterocycles. The number of anilines is 2. The number of amides is 2. The summed E-state index contributed by atoms with van der Waals surface area (Å²) in [5.74, 6) is 0.0960. The predicted molar refractivity (Wildman–Crippen MR) is 110 cm³/mol. The first-order valence-electron chi connectivity index (χ1n) is 9.46. The van der Waals surface area contributed by atoms with Crippen LogP contribution in [0.15, 0.2) is 48.5 Å². The minimum Gasteiger partial charge on any atom is -0.497 e. The van der Waals surface area contributed by atoms with Gasteiger partial charge in [0.2, 0.25) is 11.8 Å². The maximum atomic E-state index is 13.2. The number of halogens is 1. The van der Waals surface area contributed by atoms with Gasteiger partial charge in [0.1, 0.15) is 11.6 Å². The van der Waals surface area contributed by atoms with Crippen molar-refractivity contribution in [3.63, 3.8) is 0 Å². The fourth-order valence-corrected chi connectivity index (χ4v) is 3.15. The zero-order valence-electron chi connectivity index (χ0n) is 16.4. The van der Waals surface area contributed by atoms with Crippen LogP contribution in [0.2, 0.25) is 0 Å². The third-order valence-corrected chi connectivity index (χ3v) is 4.68. The van der Waals surface area contributed by atoms with Gasteiger partial charge in [-0.3, -0.25) is 19.4 Å². The van der Waals surface area contributed by atoms with Gasteiger partial charge in [0, 0.05) is 37.6 Å². The van der Waals surface area contributed by atoms with Crippen LogP contribution in [0.1, 0.15) is 0 Å². The minimum absolute atomic E-state index is 0.0764. The molecule has 3 rings (SSSR count). The average molecular weight is 400 g/mol. The normalized spacial score (nSPS) is 15.0. The maximum Gasteiger partial charge on any atom is 0.238 e. The van der Waals surface area contributed by atoms with Crippen molar-refractivity contribution >= 4 is 23.2 Å². The molecule has 1 aliphatic heterocycles. The van der Waals surface area contributed by atoms with E-state index in [0.29, 0.717) is 38.4 Å². The molecule has 29 heavy (non-hydrogen) atoms. The van der Waals surface area contributed by atoms with Crippen LogP contribution in [0.4, 0.5) is 15.8 Å². The van der Waals surface area contributed by atoms with E-state index < -0.39 is 0 Å². The number of hydrogen-bond donors (Lipinski definition) is 2. The lowest BCUT2D eigenvalue weighted by Crippen LogP contribution is -2.50. The Morgan fingerprint density at radius 1 is 0.897 bits per heavy atom. The number of benzene rings is 2. The Labute approximate surface area is 169 Å². The molecule has 2 aromatic rings. The Bertz CT molecular complexity index is 836. The van der Waals surface area contributed by atoms with Crippen molar-refractivity contribution in [2.45, 2.75) is 0 Å². The maximum absolute atomic E-state index is 13.2. The van der Waals surface area contributed by atoms with Crippen molar-refractivity contribution in [2.75, 3.05) is 57.0 Å². The van der Waals surface area contributed by atoms with Crippen LogP contribution in [-0.2, 0) is 9.59 Å². The molecule has 2 aromatic carbocycles. The van der Waals surface area contributed by atoms with Gasteiger partial charge in [-0.25, -0.2) is 4.39 Å². The third kappa shape index (κ3) is 6.55. The largest absolute Gasteiger partial charge is 0.497 e. The molecule has 0 atom stereocenters. The number of rotatable bonds is 7. The number of nitrogens with one attached hydrogen (secondary N) is 2. The zero-order valence-corrected chi connectivity index (χ0v) is 16.4. The van der Waals surface area contributed by atoms with Crippen LogP contribution in [0.5, 0.6) is 5.75 Å². The quantitative estimate of drug-likeness (QED) is 0.744. The third-order valence-electron chi connectivity index (χ3n) is 4.68. The van der Waals surface area contributed by atoms with E-state index in [0.717, 1.165) is 11.4 Å². The smallest absolute Gasteiger partial charge is 0.238 e. The Morgan fingerprint density at radius 3 is 1.97 bits per heavy atom. The highest BCUT2D eigenvalue weighted by Crippen LogP contribution is 2.15. The summed E-state index contributed by atoms with van der Waals surface area (Å²) in [6.07, 6.45) is 0. The molecule has 1 fully saturated rings. The predicted octanol–water partition coefficient (Wildman–Crippen LogP) is 2.03. The summed E-state index contributed by atoms with van der Waals surface area (Å²) in [6, 6.07) is 13.0. The number of nitrogens with zero attached hydrogens (tertiary/aromatic N) is 2. The lowest BCUT2D eigenvalue weighted by Gasteiger charge is -2.33. The van der Waals surface area contributed by atoms with Gasteiger partial charge in [0.25, 0.3) is 0 Å². The second-order valence-corrected chi connectivity index (χ2v) is 6.89. The van der Waals surface area contributed by atoms with Crippen molar-refractivity contribution in [2.24, 2.45) is 0 Å². The van der Waals surface area contributed by atoms with Crippen LogP contribution in [0.25, 0.3) is 0 Å². The molecule has 0 radical (unpaired) electrons. The van der Waals surface area contributed by atoms with Crippen LogP contribution in [0.3, 0.4) is 0 Å². The Hall–Kier alpha value is -2.97. The number of methoxy groups -OCH3 is 1. The Balaban J connectivity index is 1.38. The molecule has 1 saturated heterocycles. The molecular formula is C21H25FN4O3. The Morgan fingerprint density at radius 2 is 1.45 bits per heavy atom. The molecule has 0 saturated carbocycles. The highest BCUT2D eigenvalue weighted by atomic mass is 19.1. The van der Waals surface area contributed by atoms with E-state index in [1.165, 1.54) is 12.1 Å². The molecular weight excluding hydrogens is 375 g/mol. The van der Waals surface area contributed by atoms with Crippen molar-refractivity contribution in [3.8, 4) is 5.75 Å². The van der Waals surface area contributed by atoms with Crippen LogP contribution in [-0.4, -0.2) is 68.0 Å². The number of carbonyl (C=O) groups excluding carboxylic acids is 2. The van der Waals surface area contributed by atoms with Crippen molar-refractivity contribution < 1.29 is 18.7 Å². The number of piperazine rings is 1. The lowest BCUT2D eigenvalue weighted by atomic mass is 10.2. The Kier molecular flexibility index (Phi) is 7.15. The summed E-state index contributed by atoms with van der Waals surface area (Å²) < 4.78 is 18.3. The van der Waals surface area contributed by atoms with E-state index in [-0.39, 0.29) is 24.2 Å². The van der Waals surface area contributed by atoms with E-state index in [4.69, 9.17) is 4.74 Å². The molecule has 154 valence electrons. The number of ether oxygens (including phenoxy) is 1. The molecule has 0 aromatic heterocycles. The second kappa shape index (κ2) is 9.99. The summed E-state index contributed by atoms with van der Waals surface area (Å²) >= 11 is 0. The van der Waals surface area contributed by atoms with Gasteiger partial charge in [-0.1, -0.05) is 6.07 Å². The van der Waals surface area contributed by atoms with E-state index in [1.54, 1.807) is 43.5 Å². The summed E-state index contributed by atoms with van der Waals surface area (Å²) in [6.45, 7) is 3.31. The molecule has 7 nitrogen and oxygen atoms in total. The second-order valence-electron chi connectivity index (χ2n) is 6.89. The van der Waals surface area contributed by atoms with Crippen LogP contribution < -0.4 is 15.4 Å². The molecule has 0 bridgehead atoms. The molecule has 2 amide bonds. The van der Waals surface area contributed by atoms with E-state index in [9.17, 15) is 14.0 Å². The van der Waals surface area contributed by atoms with Crippen LogP contribution >= 0.6 is 0 Å². The molecule has 0 spiro atoms. The summed E-state index contributed by atoms with van der Waals surface area (Å²) in [5, 5.41) is 5.57.